The standard InChI is InChI=1S/C23H27FN6O/c1-15-7-10-28(14-15)23(31)26-19-13-25-30-11-8-21(27-22(19)30)29-9-3-4-20(29)17-5-6-18(24)16(2)12-17/h5-6,8,11-13,15,20H,3-4,7,9-10,14H2,1-2H3,(H,26,31)/t15-,20+/m0/s1. The summed E-state index contributed by atoms with van der Waals surface area (Å²) in [5, 5.41) is 7.32. The van der Waals surface area contributed by atoms with Gasteiger partial charge in [-0.3, -0.25) is 0 Å². The molecule has 8 heteroatoms. The van der Waals surface area contributed by atoms with Crippen LogP contribution < -0.4 is 10.2 Å². The molecule has 1 N–H and O–H groups in total. The second kappa shape index (κ2) is 7.83. The molecule has 4 heterocycles. The summed E-state index contributed by atoms with van der Waals surface area (Å²) < 4.78 is 15.4. The lowest BCUT2D eigenvalue weighted by atomic mass is 10.0. The number of amides is 2. The molecule has 162 valence electrons. The minimum Gasteiger partial charge on any atom is -0.349 e. The first kappa shape index (κ1) is 19.8. The molecule has 2 amide bonds. The molecule has 5 rings (SSSR count). The number of benzene rings is 1. The van der Waals surface area contributed by atoms with E-state index in [1.54, 1.807) is 23.7 Å². The van der Waals surface area contributed by atoms with Crippen molar-refractivity contribution < 1.29 is 9.18 Å². The van der Waals surface area contributed by atoms with E-state index < -0.39 is 0 Å². The molecule has 0 aliphatic carbocycles. The van der Waals surface area contributed by atoms with Crippen molar-refractivity contribution in [3.63, 3.8) is 0 Å². The van der Waals surface area contributed by atoms with Crippen LogP contribution in [0.3, 0.4) is 0 Å². The van der Waals surface area contributed by atoms with E-state index in [1.807, 2.05) is 29.3 Å². The summed E-state index contributed by atoms with van der Waals surface area (Å²) in [6.45, 7) is 6.38. The fourth-order valence-electron chi connectivity index (χ4n) is 4.68. The third-order valence-electron chi connectivity index (χ3n) is 6.42. The number of aromatic nitrogens is 3. The predicted molar refractivity (Wildman–Crippen MR) is 118 cm³/mol. The van der Waals surface area contributed by atoms with Gasteiger partial charge in [0.2, 0.25) is 0 Å². The maximum Gasteiger partial charge on any atom is 0.321 e. The summed E-state index contributed by atoms with van der Waals surface area (Å²) in [6, 6.07) is 7.34. The number of hydrogen-bond donors (Lipinski definition) is 1. The number of carbonyl (C=O) groups excluding carboxylic acids is 1. The Morgan fingerprint density at radius 1 is 1.23 bits per heavy atom. The fourth-order valence-corrected chi connectivity index (χ4v) is 4.68. The van der Waals surface area contributed by atoms with Gasteiger partial charge in [-0.25, -0.2) is 18.7 Å². The molecule has 7 nitrogen and oxygen atoms in total. The molecular formula is C23H27FN6O. The molecule has 1 aromatic carbocycles. The summed E-state index contributed by atoms with van der Waals surface area (Å²) >= 11 is 0. The molecule has 0 unspecified atom stereocenters. The summed E-state index contributed by atoms with van der Waals surface area (Å²) in [6.07, 6.45) is 6.59. The monoisotopic (exact) mass is 422 g/mol. The number of aryl methyl sites for hydroxylation is 1. The number of nitrogens with one attached hydrogen (secondary N) is 1. The van der Waals surface area contributed by atoms with Gasteiger partial charge in [-0.15, -0.1) is 0 Å². The molecule has 2 aliphatic heterocycles. The minimum absolute atomic E-state index is 0.104. The Morgan fingerprint density at radius 3 is 2.87 bits per heavy atom. The smallest absolute Gasteiger partial charge is 0.321 e. The van der Waals surface area contributed by atoms with Gasteiger partial charge in [0.05, 0.1) is 12.2 Å². The molecule has 2 saturated heterocycles. The van der Waals surface area contributed by atoms with Gasteiger partial charge in [0.25, 0.3) is 0 Å². The Kier molecular flexibility index (Phi) is 5.00. The van der Waals surface area contributed by atoms with Crippen LogP contribution in [-0.2, 0) is 0 Å². The summed E-state index contributed by atoms with van der Waals surface area (Å²) in [4.78, 5) is 21.6. The van der Waals surface area contributed by atoms with E-state index in [9.17, 15) is 9.18 Å². The molecular weight excluding hydrogens is 395 g/mol. The first-order chi connectivity index (χ1) is 15.0. The van der Waals surface area contributed by atoms with Crippen LogP contribution in [0.5, 0.6) is 0 Å². The van der Waals surface area contributed by atoms with Crippen molar-refractivity contribution in [2.45, 2.75) is 39.2 Å². The van der Waals surface area contributed by atoms with Crippen molar-refractivity contribution in [2.24, 2.45) is 5.92 Å². The van der Waals surface area contributed by atoms with Gasteiger partial charge in [0, 0.05) is 25.8 Å². The van der Waals surface area contributed by atoms with E-state index in [4.69, 9.17) is 4.98 Å². The van der Waals surface area contributed by atoms with Crippen LogP contribution >= 0.6 is 0 Å². The van der Waals surface area contributed by atoms with Crippen LogP contribution in [0.15, 0.2) is 36.7 Å². The predicted octanol–water partition coefficient (Wildman–Crippen LogP) is 4.39. The van der Waals surface area contributed by atoms with Crippen molar-refractivity contribution in [1.29, 1.82) is 0 Å². The van der Waals surface area contributed by atoms with Crippen LogP contribution in [0, 0.1) is 18.7 Å². The Hall–Kier alpha value is -3.16. The highest BCUT2D eigenvalue weighted by Gasteiger charge is 2.28. The summed E-state index contributed by atoms with van der Waals surface area (Å²) in [5.41, 5.74) is 2.99. The topological polar surface area (TPSA) is 65.8 Å². The van der Waals surface area contributed by atoms with Gasteiger partial charge < -0.3 is 15.1 Å². The Morgan fingerprint density at radius 2 is 2.10 bits per heavy atom. The van der Waals surface area contributed by atoms with Crippen LogP contribution in [-0.4, -0.2) is 45.2 Å². The molecule has 0 spiro atoms. The van der Waals surface area contributed by atoms with Gasteiger partial charge in [-0.05, 0) is 55.4 Å². The molecule has 2 aliphatic rings. The van der Waals surface area contributed by atoms with Crippen molar-refractivity contribution in [3.8, 4) is 0 Å². The molecule has 3 aromatic rings. The molecule has 0 bridgehead atoms. The highest BCUT2D eigenvalue weighted by molar-refractivity contribution is 5.93. The van der Waals surface area contributed by atoms with Gasteiger partial charge in [0.15, 0.2) is 5.65 Å². The van der Waals surface area contributed by atoms with E-state index in [0.717, 1.165) is 50.3 Å². The second-order valence-electron chi connectivity index (χ2n) is 8.74. The lowest BCUT2D eigenvalue weighted by Gasteiger charge is -2.26. The Balaban J connectivity index is 1.42. The zero-order valence-corrected chi connectivity index (χ0v) is 17.9. The molecule has 2 atom stereocenters. The van der Waals surface area contributed by atoms with Crippen molar-refractivity contribution in [1.82, 2.24) is 19.5 Å². The number of fused-ring (bicyclic) bond motifs is 1. The molecule has 2 aromatic heterocycles. The number of halogens is 1. The first-order valence-electron chi connectivity index (χ1n) is 10.9. The van der Waals surface area contributed by atoms with E-state index in [1.165, 1.54) is 0 Å². The second-order valence-corrected chi connectivity index (χ2v) is 8.74. The third-order valence-corrected chi connectivity index (χ3v) is 6.42. The van der Waals surface area contributed by atoms with Gasteiger partial charge in [0.1, 0.15) is 17.3 Å². The number of nitrogens with zero attached hydrogens (tertiary/aromatic N) is 5. The first-order valence-corrected chi connectivity index (χ1v) is 10.9. The van der Waals surface area contributed by atoms with E-state index >= 15 is 0 Å². The Labute approximate surface area is 180 Å². The average molecular weight is 423 g/mol. The van der Waals surface area contributed by atoms with E-state index in [0.29, 0.717) is 22.8 Å². The highest BCUT2D eigenvalue weighted by Crippen LogP contribution is 2.36. The van der Waals surface area contributed by atoms with Gasteiger partial charge >= 0.3 is 6.03 Å². The molecule has 2 fully saturated rings. The Bertz CT molecular complexity index is 1130. The number of rotatable bonds is 3. The number of carbonyl (C=O) groups is 1. The third kappa shape index (κ3) is 3.71. The SMILES string of the molecule is Cc1cc([C@H]2CCCN2c2ccn3ncc(NC(=O)N4CC[C@H](C)C4)c3n2)ccc1F. The number of likely N-dealkylation sites (tertiary alicyclic amines) is 1. The zero-order chi connectivity index (χ0) is 21.5. The van der Waals surface area contributed by atoms with Crippen LogP contribution in [0.2, 0.25) is 0 Å². The van der Waals surface area contributed by atoms with Gasteiger partial charge in [-0.1, -0.05) is 19.1 Å². The fraction of sp³-hybridized carbons (Fsp3) is 0.435. The quantitative estimate of drug-likeness (QED) is 0.680. The lowest BCUT2D eigenvalue weighted by molar-refractivity contribution is 0.221. The van der Waals surface area contributed by atoms with E-state index in [2.05, 4.69) is 22.2 Å². The van der Waals surface area contributed by atoms with Crippen LogP contribution in [0.1, 0.15) is 43.4 Å². The molecule has 31 heavy (non-hydrogen) atoms. The zero-order valence-electron chi connectivity index (χ0n) is 17.9. The average Bonchev–Trinajstić information content (AvgIpc) is 3.50. The van der Waals surface area contributed by atoms with E-state index in [-0.39, 0.29) is 17.9 Å². The maximum atomic E-state index is 13.8. The number of anilines is 2. The summed E-state index contributed by atoms with van der Waals surface area (Å²) in [7, 11) is 0. The van der Waals surface area contributed by atoms with Crippen molar-refractivity contribution >= 4 is 23.2 Å². The van der Waals surface area contributed by atoms with Crippen LogP contribution in [0.4, 0.5) is 20.7 Å². The lowest BCUT2D eigenvalue weighted by Crippen LogP contribution is -2.32. The van der Waals surface area contributed by atoms with Crippen molar-refractivity contribution in [3.05, 3.63) is 53.6 Å². The number of hydrogen-bond acceptors (Lipinski definition) is 4. The summed E-state index contributed by atoms with van der Waals surface area (Å²) in [5.74, 6) is 1.18. The van der Waals surface area contributed by atoms with Gasteiger partial charge in [-0.2, -0.15) is 5.10 Å². The number of urea groups is 1. The molecule has 0 saturated carbocycles. The normalized spacial score (nSPS) is 21.3. The van der Waals surface area contributed by atoms with Crippen molar-refractivity contribution in [2.75, 3.05) is 29.9 Å². The molecule has 0 radical (unpaired) electrons. The van der Waals surface area contributed by atoms with Crippen LogP contribution in [0.25, 0.3) is 5.65 Å². The largest absolute Gasteiger partial charge is 0.349 e. The minimum atomic E-state index is -0.181. The maximum absolute atomic E-state index is 13.8. The highest BCUT2D eigenvalue weighted by atomic mass is 19.1.